The zero-order valence-corrected chi connectivity index (χ0v) is 56.1. The van der Waals surface area contributed by atoms with E-state index in [4.69, 9.17) is 86.2 Å². The third kappa shape index (κ3) is 12.2. The fourth-order valence-electron chi connectivity index (χ4n) is 18.5. The molecule has 3 saturated carbocycles. The largest absolute Gasteiger partial charge is 0.463 e. The molecule has 6 bridgehead atoms. The fraction of sp³-hybridized carbons (Fsp3) is 0.826. The number of ether oxygens (including phenoxy) is 12. The highest BCUT2D eigenvalue weighted by Gasteiger charge is 2.76. The molecule has 0 aromatic heterocycles. The minimum atomic E-state index is -1.65. The Bertz CT molecular complexity index is 2880. The van der Waals surface area contributed by atoms with Crippen LogP contribution < -0.4 is 5.32 Å². The minimum Gasteiger partial charge on any atom is -0.463 e. The van der Waals surface area contributed by atoms with Gasteiger partial charge in [-0.15, -0.1) is 0 Å². The summed E-state index contributed by atoms with van der Waals surface area (Å²) >= 11 is 0. The molecular weight excluding hydrogens is 1230 g/mol. The topological polar surface area (TPSA) is 281 Å². The van der Waals surface area contributed by atoms with Crippen LogP contribution in [-0.2, 0) is 121 Å². The standard InChI is InChI=1S/C69H97NO24/c1-38-16-18-48-41(4)56(83-59-67(48)45(38)27-31-63(8,86-59)89-92-67)80-53(74)23-20-50(71)77-35-66(70-34-44-14-12-11-13-15-44,36-78-51(72)21-24-54(75)81-57-42(5)49-19-17-39(2)46-28-32-64(9)87-60(84-57)68(46,49)93-90-64)37-79-52(73)22-25-55(76)82-58-43(6)62(7)30-26-40(3)47-29-33-65(10)88-61(85-58)69(47,62)94-91-65/h11-15,38-43,45-49,56-61,70H,16-37H2,1-10H3/t38-,39-,40-,41-,42-,43+,45+,46+,47+,48+,49+,56-,57-,58-,59-,60-,61-,62+,63+,64+,65+,67-,68-,69+/m1/s1. The number of benzene rings is 1. The first-order valence-electron chi connectivity index (χ1n) is 34.7. The summed E-state index contributed by atoms with van der Waals surface area (Å²) in [6, 6.07) is 9.19. The Hall–Kier alpha value is -4.48. The van der Waals surface area contributed by atoms with Crippen LogP contribution in [0.4, 0.5) is 0 Å². The average molecular weight is 1320 g/mol. The molecule has 3 spiro atoms. The third-order valence-electron chi connectivity index (χ3n) is 24.5. The summed E-state index contributed by atoms with van der Waals surface area (Å²) < 4.78 is 74.5. The van der Waals surface area contributed by atoms with Crippen LogP contribution in [-0.4, -0.2) is 133 Å². The molecule has 15 aliphatic rings. The van der Waals surface area contributed by atoms with Gasteiger partial charge < -0.3 is 56.8 Å². The van der Waals surface area contributed by atoms with Crippen molar-refractivity contribution < 1.29 is 115 Å². The van der Waals surface area contributed by atoms with Crippen LogP contribution in [0.2, 0.25) is 0 Å². The van der Waals surface area contributed by atoms with Crippen molar-refractivity contribution in [1.82, 2.24) is 5.32 Å². The Kier molecular flexibility index (Phi) is 18.8. The van der Waals surface area contributed by atoms with E-state index in [0.29, 0.717) is 37.0 Å². The number of esters is 6. The van der Waals surface area contributed by atoms with Crippen molar-refractivity contribution >= 4 is 35.8 Å². The number of hydrogen-bond acceptors (Lipinski definition) is 25. The Balaban J connectivity index is 0.664. The fourth-order valence-corrected chi connectivity index (χ4v) is 18.5. The van der Waals surface area contributed by atoms with E-state index in [2.05, 4.69) is 33.0 Å². The number of fused-ring (bicyclic) bond motifs is 6. The van der Waals surface area contributed by atoms with Crippen LogP contribution in [0.5, 0.6) is 0 Å². The van der Waals surface area contributed by atoms with E-state index in [0.717, 1.165) is 63.4 Å². The van der Waals surface area contributed by atoms with E-state index < -0.39 is 164 Å². The van der Waals surface area contributed by atoms with Crippen molar-refractivity contribution in [2.75, 3.05) is 19.8 Å². The first kappa shape index (κ1) is 68.1. The molecule has 1 aromatic carbocycles. The first-order chi connectivity index (χ1) is 44.7. The molecule has 1 aromatic rings. The normalized spacial score (nSPS) is 45.1. The molecule has 25 heteroatoms. The van der Waals surface area contributed by atoms with Gasteiger partial charge in [-0.05, 0) is 120 Å². The summed E-state index contributed by atoms with van der Waals surface area (Å²) in [4.78, 5) is 120. The molecule has 15 fully saturated rings. The van der Waals surface area contributed by atoms with E-state index in [1.165, 1.54) is 0 Å². The smallest absolute Gasteiger partial charge is 0.308 e. The molecular formula is C69H97NO24. The number of carbonyl (C=O) groups excluding carboxylic acids is 6. The monoisotopic (exact) mass is 1320 g/mol. The van der Waals surface area contributed by atoms with Crippen LogP contribution in [0.1, 0.15) is 190 Å². The van der Waals surface area contributed by atoms with Crippen molar-refractivity contribution in [3.05, 3.63) is 35.9 Å². The summed E-state index contributed by atoms with van der Waals surface area (Å²) in [5.74, 6) is -7.66. The van der Waals surface area contributed by atoms with Crippen LogP contribution in [0.3, 0.4) is 0 Å². The summed E-state index contributed by atoms with van der Waals surface area (Å²) in [7, 11) is 0. The van der Waals surface area contributed by atoms with Crippen molar-refractivity contribution in [3.63, 3.8) is 0 Å². The second-order valence-electron chi connectivity index (χ2n) is 30.5. The predicted octanol–water partition coefficient (Wildman–Crippen LogP) is 9.13. The molecule has 12 saturated heterocycles. The van der Waals surface area contributed by atoms with Gasteiger partial charge >= 0.3 is 35.8 Å². The molecule has 94 heavy (non-hydrogen) atoms. The molecule has 0 radical (unpaired) electrons. The van der Waals surface area contributed by atoms with Gasteiger partial charge in [0, 0.05) is 60.8 Å². The second-order valence-corrected chi connectivity index (χ2v) is 30.5. The maximum Gasteiger partial charge on any atom is 0.308 e. The SMILES string of the molecule is C[C@H]1[C@H](OC(=O)CCC(=O)OCC(COC(=O)CCC(=O)O[C@@H]2O[C@@H]3O[C@]4(C)CC[C@H]5[C@H](C)CC[C@@H]([C@H]2C)[C@@]35OO4)(COC(=O)CCC(=O)O[C@@H]2O[C@@H]3O[C@]4(C)CC[C@H]5[C@H](C)CC[C@@](C)([C@H]2C)[C@@]35OO4)NCc2ccccc2)O[C@@H]2O[C@]3(C)CC[C@H]4[C@H](C)CC[C@@H]1[C@@]24OO3. The first-order valence-corrected chi connectivity index (χ1v) is 34.7. The summed E-state index contributed by atoms with van der Waals surface area (Å²) in [5, 5.41) is 3.32. The van der Waals surface area contributed by atoms with Crippen molar-refractivity contribution in [1.29, 1.82) is 0 Å². The van der Waals surface area contributed by atoms with Gasteiger partial charge in [-0.3, -0.25) is 34.1 Å². The van der Waals surface area contributed by atoms with Crippen LogP contribution in [0, 0.1) is 70.5 Å². The number of hydrogen-bond donors (Lipinski definition) is 1. The van der Waals surface area contributed by atoms with Crippen molar-refractivity contribution in [3.8, 4) is 0 Å². The Morgan fingerprint density at radius 3 is 1.33 bits per heavy atom. The predicted molar refractivity (Wildman–Crippen MR) is 320 cm³/mol. The van der Waals surface area contributed by atoms with Gasteiger partial charge in [0.25, 0.3) is 0 Å². The summed E-state index contributed by atoms with van der Waals surface area (Å²) in [5.41, 5.74) is -4.13. The van der Waals surface area contributed by atoms with Gasteiger partial charge in [0.1, 0.15) is 25.4 Å². The van der Waals surface area contributed by atoms with Crippen molar-refractivity contribution in [2.24, 2.45) is 70.5 Å². The molecule has 0 amide bonds. The molecule has 1 N–H and O–H groups in total. The quantitative estimate of drug-likeness (QED) is 0.0682. The van der Waals surface area contributed by atoms with Gasteiger partial charge in [0.15, 0.2) is 35.7 Å². The molecule has 12 heterocycles. The lowest BCUT2D eigenvalue weighted by Crippen LogP contribution is -2.74. The van der Waals surface area contributed by atoms with Gasteiger partial charge in [-0.2, -0.15) is 0 Å². The zero-order chi connectivity index (χ0) is 66.4. The van der Waals surface area contributed by atoms with E-state index in [9.17, 15) is 28.8 Å². The van der Waals surface area contributed by atoms with E-state index in [1.807, 2.05) is 71.9 Å². The van der Waals surface area contributed by atoms with Crippen LogP contribution in [0.15, 0.2) is 30.3 Å². The Labute approximate surface area is 549 Å². The van der Waals surface area contributed by atoms with Gasteiger partial charge in [-0.1, -0.05) is 78.8 Å². The number of carbonyl (C=O) groups is 6. The molecule has 0 unspecified atom stereocenters. The molecule has 24 atom stereocenters. The molecule has 16 rings (SSSR count). The van der Waals surface area contributed by atoms with Crippen molar-refractivity contribution in [2.45, 2.75) is 269 Å². The average Bonchev–Trinajstić information content (AvgIpc) is 1.25. The van der Waals surface area contributed by atoms with E-state index >= 15 is 0 Å². The lowest BCUT2D eigenvalue weighted by atomic mass is 9.50. The van der Waals surface area contributed by atoms with Gasteiger partial charge in [-0.25, -0.2) is 29.3 Å². The molecule has 522 valence electrons. The number of nitrogens with one attached hydrogen (secondary N) is 1. The lowest BCUT2D eigenvalue weighted by molar-refractivity contribution is -0.586. The zero-order valence-electron chi connectivity index (χ0n) is 56.1. The van der Waals surface area contributed by atoms with E-state index in [-0.39, 0.29) is 66.7 Å². The molecule has 12 aliphatic heterocycles. The maximum atomic E-state index is 13.9. The van der Waals surface area contributed by atoms with Gasteiger partial charge in [0.05, 0.1) is 38.5 Å². The highest BCUT2D eigenvalue weighted by molar-refractivity contribution is 5.79. The minimum absolute atomic E-state index is 0.0723. The van der Waals surface area contributed by atoms with Crippen LogP contribution in [0.25, 0.3) is 0 Å². The molecule has 3 aliphatic carbocycles. The Morgan fingerprint density at radius 2 is 0.851 bits per heavy atom. The maximum absolute atomic E-state index is 13.9. The summed E-state index contributed by atoms with van der Waals surface area (Å²) in [6.45, 7) is 18.5. The second kappa shape index (κ2) is 26.0. The summed E-state index contributed by atoms with van der Waals surface area (Å²) in [6.07, 6.45) is 1.38. The van der Waals surface area contributed by atoms with Gasteiger partial charge in [0.2, 0.25) is 36.2 Å². The lowest BCUT2D eigenvalue weighted by Gasteiger charge is -2.65. The molecule has 25 nitrogen and oxygen atoms in total. The highest BCUT2D eigenvalue weighted by Crippen LogP contribution is 2.67. The Morgan fingerprint density at radius 1 is 0.447 bits per heavy atom. The van der Waals surface area contributed by atoms with E-state index in [1.54, 1.807) is 0 Å². The third-order valence-corrected chi connectivity index (χ3v) is 24.5. The number of rotatable bonds is 21. The van der Waals surface area contributed by atoms with Crippen LogP contribution >= 0.6 is 0 Å². The highest BCUT2D eigenvalue weighted by atomic mass is 17.3.